The minimum atomic E-state index is -3.54. The van der Waals surface area contributed by atoms with E-state index < -0.39 is 10.0 Å². The standard InChI is InChI=1S/C20H30ClN3O3S/c1-13(2)10-19(22-3)20(25)23-18-9-4-14-11-24(12-17(14)18)28(26,27)16-7-5-15(21)6-8-16/h5-8,13-14,17-19,22H,4,9-12H2,1-3H3,(H,23,25)/t14-,17?,18?,19-/m0/s1. The third kappa shape index (κ3) is 4.53. The maximum absolute atomic E-state index is 13.0. The molecule has 1 saturated heterocycles. The van der Waals surface area contributed by atoms with Crippen molar-refractivity contribution < 1.29 is 13.2 Å². The molecule has 1 saturated carbocycles. The van der Waals surface area contributed by atoms with Crippen LogP contribution in [0.3, 0.4) is 0 Å². The lowest BCUT2D eigenvalue weighted by Crippen LogP contribution is -2.49. The molecule has 0 radical (unpaired) electrons. The number of fused-ring (bicyclic) bond motifs is 1. The number of rotatable bonds is 7. The molecule has 2 N–H and O–H groups in total. The molecule has 1 amide bonds. The Balaban J connectivity index is 1.66. The summed E-state index contributed by atoms with van der Waals surface area (Å²) in [4.78, 5) is 12.9. The lowest BCUT2D eigenvalue weighted by atomic mass is 9.97. The van der Waals surface area contributed by atoms with Crippen molar-refractivity contribution in [3.63, 3.8) is 0 Å². The van der Waals surface area contributed by atoms with Crippen molar-refractivity contribution in [2.75, 3.05) is 20.1 Å². The molecule has 0 aromatic heterocycles. The van der Waals surface area contributed by atoms with E-state index in [-0.39, 0.29) is 28.8 Å². The van der Waals surface area contributed by atoms with Crippen LogP contribution in [0.15, 0.2) is 29.2 Å². The summed E-state index contributed by atoms with van der Waals surface area (Å²) in [5, 5.41) is 6.80. The summed E-state index contributed by atoms with van der Waals surface area (Å²) in [7, 11) is -1.73. The topological polar surface area (TPSA) is 78.5 Å². The van der Waals surface area contributed by atoms with Crippen LogP contribution in [0.25, 0.3) is 0 Å². The molecule has 6 nitrogen and oxygen atoms in total. The molecule has 156 valence electrons. The summed E-state index contributed by atoms with van der Waals surface area (Å²) < 4.78 is 27.5. The van der Waals surface area contributed by atoms with Gasteiger partial charge in [-0.05, 0) is 68.3 Å². The van der Waals surface area contributed by atoms with E-state index >= 15 is 0 Å². The van der Waals surface area contributed by atoms with Crippen LogP contribution < -0.4 is 10.6 Å². The van der Waals surface area contributed by atoms with E-state index in [1.807, 2.05) is 0 Å². The molecule has 1 heterocycles. The smallest absolute Gasteiger partial charge is 0.243 e. The Kier molecular flexibility index (Phi) is 6.69. The van der Waals surface area contributed by atoms with Crippen LogP contribution in [-0.4, -0.2) is 50.9 Å². The van der Waals surface area contributed by atoms with E-state index in [4.69, 9.17) is 11.6 Å². The molecule has 2 fully saturated rings. The van der Waals surface area contributed by atoms with Crippen molar-refractivity contribution in [3.05, 3.63) is 29.3 Å². The number of hydrogen-bond acceptors (Lipinski definition) is 4. The van der Waals surface area contributed by atoms with Gasteiger partial charge in [0.25, 0.3) is 0 Å². The Hall–Kier alpha value is -1.15. The Morgan fingerprint density at radius 3 is 2.50 bits per heavy atom. The molecule has 1 aliphatic heterocycles. The average Bonchev–Trinajstić information content (AvgIpc) is 3.22. The molecule has 1 aromatic carbocycles. The first-order valence-electron chi connectivity index (χ1n) is 9.95. The molecule has 2 aliphatic rings. The maximum Gasteiger partial charge on any atom is 0.243 e. The number of benzene rings is 1. The van der Waals surface area contributed by atoms with Crippen molar-refractivity contribution in [1.29, 1.82) is 0 Å². The number of amides is 1. The van der Waals surface area contributed by atoms with Gasteiger partial charge in [-0.25, -0.2) is 8.42 Å². The van der Waals surface area contributed by atoms with Crippen molar-refractivity contribution in [1.82, 2.24) is 14.9 Å². The molecule has 4 atom stereocenters. The second-order valence-corrected chi connectivity index (χ2v) is 10.7. The third-order valence-electron chi connectivity index (χ3n) is 5.97. The quantitative estimate of drug-likeness (QED) is 0.700. The van der Waals surface area contributed by atoms with Gasteiger partial charge in [0.2, 0.25) is 15.9 Å². The zero-order chi connectivity index (χ0) is 20.5. The first kappa shape index (κ1) is 21.6. The summed E-state index contributed by atoms with van der Waals surface area (Å²) in [6.45, 7) is 5.16. The van der Waals surface area contributed by atoms with Gasteiger partial charge < -0.3 is 10.6 Å². The van der Waals surface area contributed by atoms with E-state index in [1.165, 1.54) is 0 Å². The highest BCUT2D eigenvalue weighted by Gasteiger charge is 2.47. The van der Waals surface area contributed by atoms with Gasteiger partial charge >= 0.3 is 0 Å². The normalized spacial score (nSPS) is 26.4. The maximum atomic E-state index is 13.0. The van der Waals surface area contributed by atoms with Gasteiger partial charge in [-0.15, -0.1) is 0 Å². The highest BCUT2D eigenvalue weighted by molar-refractivity contribution is 7.89. The average molecular weight is 428 g/mol. The minimum absolute atomic E-state index is 0.0147. The highest BCUT2D eigenvalue weighted by atomic mass is 35.5. The van der Waals surface area contributed by atoms with Crippen LogP contribution in [0.5, 0.6) is 0 Å². The van der Waals surface area contributed by atoms with Crippen molar-refractivity contribution >= 4 is 27.5 Å². The van der Waals surface area contributed by atoms with E-state index in [2.05, 4.69) is 24.5 Å². The molecule has 2 unspecified atom stereocenters. The molecule has 0 spiro atoms. The minimum Gasteiger partial charge on any atom is -0.352 e. The Morgan fingerprint density at radius 1 is 1.21 bits per heavy atom. The Morgan fingerprint density at radius 2 is 1.89 bits per heavy atom. The van der Waals surface area contributed by atoms with E-state index in [0.29, 0.717) is 29.9 Å². The van der Waals surface area contributed by atoms with E-state index in [9.17, 15) is 13.2 Å². The van der Waals surface area contributed by atoms with Gasteiger partial charge in [-0.2, -0.15) is 4.31 Å². The Bertz CT molecular complexity index is 797. The summed E-state index contributed by atoms with van der Waals surface area (Å²) in [6, 6.07) is 6.12. The van der Waals surface area contributed by atoms with Crippen LogP contribution in [-0.2, 0) is 14.8 Å². The summed E-state index contributed by atoms with van der Waals surface area (Å²) >= 11 is 5.88. The fourth-order valence-electron chi connectivity index (χ4n) is 4.47. The van der Waals surface area contributed by atoms with Gasteiger partial charge in [0.05, 0.1) is 10.9 Å². The highest BCUT2D eigenvalue weighted by Crippen LogP contribution is 2.40. The number of nitrogens with one attached hydrogen (secondary N) is 2. The summed E-state index contributed by atoms with van der Waals surface area (Å²) in [5.41, 5.74) is 0. The van der Waals surface area contributed by atoms with Crippen molar-refractivity contribution in [2.24, 2.45) is 17.8 Å². The van der Waals surface area contributed by atoms with Gasteiger partial charge in [-0.1, -0.05) is 25.4 Å². The summed E-state index contributed by atoms with van der Waals surface area (Å²) in [5.74, 6) is 0.903. The summed E-state index contributed by atoms with van der Waals surface area (Å²) in [6.07, 6.45) is 2.63. The molecule has 28 heavy (non-hydrogen) atoms. The SMILES string of the molecule is CN[C@@H](CC(C)C)C(=O)NC1CC[C@H]2CN(S(=O)(=O)c3ccc(Cl)cc3)CC12. The lowest BCUT2D eigenvalue weighted by molar-refractivity contribution is -0.124. The molecular weight excluding hydrogens is 398 g/mol. The molecule has 1 aromatic rings. The molecule has 1 aliphatic carbocycles. The second-order valence-electron chi connectivity index (χ2n) is 8.36. The van der Waals surface area contributed by atoms with Crippen molar-refractivity contribution in [2.45, 2.75) is 50.1 Å². The molecular formula is C20H30ClN3O3S. The first-order valence-corrected chi connectivity index (χ1v) is 11.8. The number of sulfonamides is 1. The van der Waals surface area contributed by atoms with Gasteiger partial charge in [0.1, 0.15) is 0 Å². The number of nitrogens with zero attached hydrogens (tertiary/aromatic N) is 1. The van der Waals surface area contributed by atoms with Crippen LogP contribution in [0.1, 0.15) is 33.1 Å². The van der Waals surface area contributed by atoms with Crippen LogP contribution in [0, 0.1) is 17.8 Å². The van der Waals surface area contributed by atoms with Crippen LogP contribution >= 0.6 is 11.6 Å². The van der Waals surface area contributed by atoms with Gasteiger partial charge in [0, 0.05) is 24.2 Å². The zero-order valence-electron chi connectivity index (χ0n) is 16.7. The number of hydrogen-bond donors (Lipinski definition) is 2. The molecule has 8 heteroatoms. The monoisotopic (exact) mass is 427 g/mol. The number of halogens is 1. The number of likely N-dealkylation sites (N-methyl/N-ethyl adjacent to an activating group) is 1. The van der Waals surface area contributed by atoms with Crippen LogP contribution in [0.2, 0.25) is 5.02 Å². The third-order valence-corrected chi connectivity index (χ3v) is 8.07. The molecule has 3 rings (SSSR count). The number of carbonyl (C=O) groups excluding carboxylic acids is 1. The number of carbonyl (C=O) groups is 1. The predicted molar refractivity (Wildman–Crippen MR) is 111 cm³/mol. The lowest BCUT2D eigenvalue weighted by Gasteiger charge is -2.25. The fourth-order valence-corrected chi connectivity index (χ4v) is 6.13. The second kappa shape index (κ2) is 8.69. The van der Waals surface area contributed by atoms with Gasteiger partial charge in [-0.3, -0.25) is 4.79 Å². The zero-order valence-corrected chi connectivity index (χ0v) is 18.3. The van der Waals surface area contributed by atoms with Crippen LogP contribution in [0.4, 0.5) is 0 Å². The Labute approximate surface area is 173 Å². The van der Waals surface area contributed by atoms with E-state index in [1.54, 1.807) is 35.6 Å². The van der Waals surface area contributed by atoms with E-state index in [0.717, 1.165) is 19.3 Å². The van der Waals surface area contributed by atoms with Crippen molar-refractivity contribution in [3.8, 4) is 0 Å². The first-order chi connectivity index (χ1) is 13.2. The molecule has 0 bridgehead atoms. The van der Waals surface area contributed by atoms with Gasteiger partial charge in [0.15, 0.2) is 0 Å². The predicted octanol–water partition coefficient (Wildman–Crippen LogP) is 2.49. The fraction of sp³-hybridized carbons (Fsp3) is 0.650. The largest absolute Gasteiger partial charge is 0.352 e.